The first-order valence-corrected chi connectivity index (χ1v) is 14.3. The molecule has 7 rings (SSSR count). The van der Waals surface area contributed by atoms with E-state index < -0.39 is 5.97 Å². The number of anilines is 2. The minimum Gasteiger partial charge on any atom is -0.495 e. The largest absolute Gasteiger partial charge is 0.495 e. The molecule has 4 aromatic carbocycles. The predicted molar refractivity (Wildman–Crippen MR) is 173 cm³/mol. The highest BCUT2D eigenvalue weighted by Gasteiger charge is 2.41. The Kier molecular flexibility index (Phi) is 6.87. The smallest absolute Gasteiger partial charge is 0.337 e. The van der Waals surface area contributed by atoms with E-state index in [0.717, 1.165) is 39.6 Å². The molecule has 0 unspecified atom stereocenters. The number of aliphatic imine (C=N–C) groups is 2. The Balaban J connectivity index is 1.45. The van der Waals surface area contributed by atoms with Crippen LogP contribution in [0.1, 0.15) is 33.2 Å². The SMILES string of the molecule is COC(=O)c1ccc([C@@H]2c3c(C)nn(-c4ccccc4)c3N=C3C(Nc4ccc(OC)c(Cl)c4)=Nc4ccccc4N32)cc1. The molecule has 44 heavy (non-hydrogen) atoms. The minimum absolute atomic E-state index is 0.338. The topological polar surface area (TPSA) is 93.3 Å². The Morgan fingerprint density at radius 3 is 2.39 bits per heavy atom. The molecule has 0 fully saturated rings. The van der Waals surface area contributed by atoms with Gasteiger partial charge in [-0.1, -0.05) is 54.1 Å². The van der Waals surface area contributed by atoms with Gasteiger partial charge in [-0.25, -0.2) is 19.5 Å². The lowest BCUT2D eigenvalue weighted by molar-refractivity contribution is 0.0600. The monoisotopic (exact) mass is 602 g/mol. The number of halogens is 1. The van der Waals surface area contributed by atoms with Crippen molar-refractivity contribution in [2.45, 2.75) is 13.0 Å². The van der Waals surface area contributed by atoms with Gasteiger partial charge in [-0.05, 0) is 67.1 Å². The summed E-state index contributed by atoms with van der Waals surface area (Å²) in [5.74, 6) is 2.04. The summed E-state index contributed by atoms with van der Waals surface area (Å²) in [5, 5.41) is 8.90. The van der Waals surface area contributed by atoms with Crippen LogP contribution in [-0.4, -0.2) is 41.6 Å². The van der Waals surface area contributed by atoms with Crippen molar-refractivity contribution in [3.05, 3.63) is 124 Å². The van der Waals surface area contributed by atoms with Crippen LogP contribution in [0.15, 0.2) is 107 Å². The second-order valence-electron chi connectivity index (χ2n) is 10.3. The number of para-hydroxylation sites is 3. The number of hydrogen-bond donors (Lipinski definition) is 1. The maximum atomic E-state index is 12.3. The van der Waals surface area contributed by atoms with Crippen molar-refractivity contribution in [3.63, 3.8) is 0 Å². The van der Waals surface area contributed by atoms with E-state index in [1.165, 1.54) is 7.11 Å². The van der Waals surface area contributed by atoms with Crippen molar-refractivity contribution in [2.24, 2.45) is 9.98 Å². The maximum absolute atomic E-state index is 12.3. The third-order valence-electron chi connectivity index (χ3n) is 7.70. The second-order valence-corrected chi connectivity index (χ2v) is 10.7. The third kappa shape index (κ3) is 4.58. The number of aryl methyl sites for hydroxylation is 1. The average Bonchev–Trinajstić information content (AvgIpc) is 3.39. The lowest BCUT2D eigenvalue weighted by atomic mass is 9.92. The van der Waals surface area contributed by atoms with Gasteiger partial charge in [0.2, 0.25) is 0 Å². The standard InChI is InChI=1S/C34H27ClN6O3/c1-20-29-30(21-13-15-22(16-14-21)34(42)44-3)40-27-12-8-7-11-26(27)37-31(36-23-17-18-28(43-2)25(35)19-23)33(40)38-32(29)41(39-20)24-9-5-4-6-10-24/h4-19,30H,1-3H3,(H,36,37)/t30-/m1/s1. The van der Waals surface area contributed by atoms with Crippen molar-refractivity contribution in [1.29, 1.82) is 0 Å². The molecule has 218 valence electrons. The lowest BCUT2D eigenvalue weighted by Gasteiger charge is -2.40. The summed E-state index contributed by atoms with van der Waals surface area (Å²) in [6.07, 6.45) is 0. The summed E-state index contributed by atoms with van der Waals surface area (Å²) in [5.41, 5.74) is 6.50. The molecular weight excluding hydrogens is 576 g/mol. The fourth-order valence-electron chi connectivity index (χ4n) is 5.66. The van der Waals surface area contributed by atoms with Gasteiger partial charge in [0.1, 0.15) is 5.75 Å². The number of fused-ring (bicyclic) bond motifs is 4. The first-order chi connectivity index (χ1) is 21.5. The van der Waals surface area contributed by atoms with Crippen molar-refractivity contribution in [1.82, 2.24) is 9.78 Å². The number of carbonyl (C=O) groups excluding carboxylic acids is 1. The van der Waals surface area contributed by atoms with Crippen LogP contribution in [0.25, 0.3) is 5.69 Å². The van der Waals surface area contributed by atoms with Crippen molar-refractivity contribution in [2.75, 3.05) is 24.4 Å². The number of methoxy groups -OCH3 is 2. The first-order valence-electron chi connectivity index (χ1n) is 14.0. The van der Waals surface area contributed by atoms with Crippen LogP contribution in [0.3, 0.4) is 0 Å². The quantitative estimate of drug-likeness (QED) is 0.210. The summed E-state index contributed by atoms with van der Waals surface area (Å²) in [4.78, 5) is 24.7. The normalized spacial score (nSPS) is 14.9. The third-order valence-corrected chi connectivity index (χ3v) is 8.00. The van der Waals surface area contributed by atoms with Crippen molar-refractivity contribution >= 4 is 52.1 Å². The van der Waals surface area contributed by atoms with E-state index in [0.29, 0.717) is 33.8 Å². The van der Waals surface area contributed by atoms with Gasteiger partial charge in [0, 0.05) is 11.3 Å². The number of hydrogen-bond acceptors (Lipinski definition) is 8. The average molecular weight is 603 g/mol. The van der Waals surface area contributed by atoms with Gasteiger partial charge in [-0.3, -0.25) is 0 Å². The molecule has 2 aliphatic heterocycles. The molecule has 1 atom stereocenters. The summed E-state index contributed by atoms with van der Waals surface area (Å²) in [6, 6.07) is 30.5. The molecule has 10 heteroatoms. The number of amidine groups is 2. The van der Waals surface area contributed by atoms with Gasteiger partial charge in [-0.2, -0.15) is 5.10 Å². The number of ether oxygens (including phenoxy) is 2. The summed E-state index contributed by atoms with van der Waals surface area (Å²) >= 11 is 6.48. The molecule has 0 bridgehead atoms. The molecule has 1 N–H and O–H groups in total. The number of rotatable bonds is 5. The van der Waals surface area contributed by atoms with E-state index in [1.54, 1.807) is 31.4 Å². The van der Waals surface area contributed by atoms with E-state index >= 15 is 0 Å². The zero-order chi connectivity index (χ0) is 30.4. The van der Waals surface area contributed by atoms with Crippen LogP contribution >= 0.6 is 11.6 Å². The Labute approximate surface area is 259 Å². The van der Waals surface area contributed by atoms with Gasteiger partial charge < -0.3 is 19.7 Å². The van der Waals surface area contributed by atoms with Crippen LogP contribution in [0, 0.1) is 6.92 Å². The van der Waals surface area contributed by atoms with Gasteiger partial charge in [0.15, 0.2) is 17.5 Å². The molecule has 0 aliphatic carbocycles. The van der Waals surface area contributed by atoms with Crippen molar-refractivity contribution < 1.29 is 14.3 Å². The highest BCUT2D eigenvalue weighted by atomic mass is 35.5. The van der Waals surface area contributed by atoms with Gasteiger partial charge in [0.05, 0.1) is 53.6 Å². The predicted octanol–water partition coefficient (Wildman–Crippen LogP) is 7.42. The first kappa shape index (κ1) is 27.4. The molecule has 0 amide bonds. The molecule has 0 saturated heterocycles. The minimum atomic E-state index is -0.392. The highest BCUT2D eigenvalue weighted by molar-refractivity contribution is 6.51. The zero-order valence-electron chi connectivity index (χ0n) is 24.2. The number of nitrogens with one attached hydrogen (secondary N) is 1. The van der Waals surface area contributed by atoms with Crippen LogP contribution < -0.4 is 15.0 Å². The Hall–Kier alpha value is -5.41. The van der Waals surface area contributed by atoms with Crippen LogP contribution in [0.4, 0.5) is 22.9 Å². The molecule has 3 heterocycles. The zero-order valence-corrected chi connectivity index (χ0v) is 24.9. The number of aromatic nitrogens is 2. The van der Waals surface area contributed by atoms with E-state index in [-0.39, 0.29) is 6.04 Å². The number of esters is 1. The van der Waals surface area contributed by atoms with Crippen LogP contribution in [-0.2, 0) is 4.74 Å². The molecule has 0 saturated carbocycles. The van der Waals surface area contributed by atoms with Gasteiger partial charge in [0.25, 0.3) is 0 Å². The Morgan fingerprint density at radius 1 is 0.909 bits per heavy atom. The van der Waals surface area contributed by atoms with E-state index in [2.05, 4.69) is 10.2 Å². The molecule has 0 radical (unpaired) electrons. The fourth-order valence-corrected chi connectivity index (χ4v) is 5.92. The van der Waals surface area contributed by atoms with Gasteiger partial charge >= 0.3 is 5.97 Å². The van der Waals surface area contributed by atoms with Gasteiger partial charge in [-0.15, -0.1) is 0 Å². The molecular formula is C34H27ClN6O3. The fraction of sp³-hybridized carbons (Fsp3) is 0.118. The second kappa shape index (κ2) is 11.0. The summed E-state index contributed by atoms with van der Waals surface area (Å²) in [6.45, 7) is 2.00. The summed E-state index contributed by atoms with van der Waals surface area (Å²) < 4.78 is 12.2. The Bertz CT molecular complexity index is 1970. The number of nitrogens with zero attached hydrogens (tertiary/aromatic N) is 5. The number of benzene rings is 4. The molecule has 0 spiro atoms. The lowest BCUT2D eigenvalue weighted by Crippen LogP contribution is -2.46. The molecule has 1 aromatic heterocycles. The van der Waals surface area contributed by atoms with E-state index in [9.17, 15) is 4.79 Å². The van der Waals surface area contributed by atoms with Crippen molar-refractivity contribution in [3.8, 4) is 11.4 Å². The van der Waals surface area contributed by atoms with E-state index in [1.807, 2.05) is 84.4 Å². The van der Waals surface area contributed by atoms with Crippen LogP contribution in [0.2, 0.25) is 5.02 Å². The molecule has 9 nitrogen and oxygen atoms in total. The maximum Gasteiger partial charge on any atom is 0.337 e. The van der Waals surface area contributed by atoms with E-state index in [4.69, 9.17) is 36.2 Å². The molecule has 2 aliphatic rings. The molecule has 5 aromatic rings. The summed E-state index contributed by atoms with van der Waals surface area (Å²) in [7, 11) is 2.96. The Morgan fingerprint density at radius 2 is 1.66 bits per heavy atom. The number of carbonyl (C=O) groups is 1. The highest BCUT2D eigenvalue weighted by Crippen LogP contribution is 2.48. The van der Waals surface area contributed by atoms with Crippen LogP contribution in [0.5, 0.6) is 5.75 Å².